The van der Waals surface area contributed by atoms with Gasteiger partial charge in [0.25, 0.3) is 5.91 Å². The third kappa shape index (κ3) is 4.86. The van der Waals surface area contributed by atoms with Crippen molar-refractivity contribution in [3.8, 4) is 5.75 Å². The summed E-state index contributed by atoms with van der Waals surface area (Å²) < 4.78 is 5.83. The molecule has 0 aliphatic rings. The minimum atomic E-state index is -0.296. The number of nitrogens with zero attached hydrogens (tertiary/aromatic N) is 1. The molecule has 0 bridgehead atoms. The van der Waals surface area contributed by atoms with Crippen LogP contribution in [0.15, 0.2) is 64.2 Å². The van der Waals surface area contributed by atoms with Gasteiger partial charge in [0.2, 0.25) is 0 Å². The number of carbonyl (C=O) groups is 1. The number of hydrogen-bond acceptors (Lipinski definition) is 3. The Labute approximate surface area is 137 Å². The molecular formula is C17H15BrN2O2. The van der Waals surface area contributed by atoms with Gasteiger partial charge in [0, 0.05) is 10.0 Å². The van der Waals surface area contributed by atoms with Crippen molar-refractivity contribution in [1.29, 1.82) is 0 Å². The summed E-state index contributed by atoms with van der Waals surface area (Å²) in [7, 11) is 1.56. The molecule has 0 saturated heterocycles. The predicted molar refractivity (Wildman–Crippen MR) is 92.3 cm³/mol. The third-order valence-corrected chi connectivity index (χ3v) is 3.22. The van der Waals surface area contributed by atoms with Crippen LogP contribution < -0.4 is 10.2 Å². The summed E-state index contributed by atoms with van der Waals surface area (Å²) in [5, 5.41) is 3.92. The molecular weight excluding hydrogens is 344 g/mol. The van der Waals surface area contributed by atoms with Gasteiger partial charge >= 0.3 is 0 Å². The highest BCUT2D eigenvalue weighted by molar-refractivity contribution is 9.12. The lowest BCUT2D eigenvalue weighted by Crippen LogP contribution is -2.17. The molecule has 0 spiro atoms. The summed E-state index contributed by atoms with van der Waals surface area (Å²) in [6.07, 6.45) is 3.44. The van der Waals surface area contributed by atoms with Crippen molar-refractivity contribution in [3.63, 3.8) is 0 Å². The lowest BCUT2D eigenvalue weighted by molar-refractivity contribution is 0.0955. The number of rotatable bonds is 5. The van der Waals surface area contributed by atoms with Crippen molar-refractivity contribution in [3.05, 3.63) is 70.2 Å². The van der Waals surface area contributed by atoms with Crippen molar-refractivity contribution in [2.45, 2.75) is 0 Å². The fourth-order valence-corrected chi connectivity index (χ4v) is 2.09. The number of nitrogens with one attached hydrogen (secondary N) is 1. The number of benzene rings is 2. The van der Waals surface area contributed by atoms with E-state index in [0.29, 0.717) is 11.3 Å². The largest absolute Gasteiger partial charge is 0.497 e. The molecule has 112 valence electrons. The molecule has 0 saturated carbocycles. The molecule has 1 amide bonds. The van der Waals surface area contributed by atoms with E-state index in [1.54, 1.807) is 31.4 Å². The van der Waals surface area contributed by atoms with Crippen LogP contribution in [0.4, 0.5) is 0 Å². The highest BCUT2D eigenvalue weighted by Gasteiger charge is 2.04. The maximum Gasteiger partial charge on any atom is 0.271 e. The standard InChI is InChI=1S/C17H15BrN2O2/c1-22-16-9-5-8-14(11-16)17(21)20-19-12-15(18)10-13-6-3-2-4-7-13/h2-12H,1H3,(H,20,21)/b15-10-,19-12+. The molecule has 0 atom stereocenters. The van der Waals surface area contributed by atoms with E-state index < -0.39 is 0 Å². The maximum atomic E-state index is 11.9. The molecule has 0 heterocycles. The summed E-state index contributed by atoms with van der Waals surface area (Å²) in [5.74, 6) is 0.331. The molecule has 5 heteroatoms. The van der Waals surface area contributed by atoms with Gasteiger partial charge in [-0.3, -0.25) is 4.79 Å². The van der Waals surface area contributed by atoms with E-state index in [1.807, 2.05) is 36.4 Å². The zero-order chi connectivity index (χ0) is 15.8. The summed E-state index contributed by atoms with van der Waals surface area (Å²) in [5.41, 5.74) is 4.00. The minimum Gasteiger partial charge on any atom is -0.497 e. The van der Waals surface area contributed by atoms with Crippen molar-refractivity contribution in [2.75, 3.05) is 7.11 Å². The number of hydrazone groups is 1. The van der Waals surface area contributed by atoms with Crippen molar-refractivity contribution < 1.29 is 9.53 Å². The number of carbonyl (C=O) groups excluding carboxylic acids is 1. The molecule has 0 fully saturated rings. The van der Waals surface area contributed by atoms with Crippen LogP contribution in [0.5, 0.6) is 5.75 Å². The molecule has 0 unspecified atom stereocenters. The lowest BCUT2D eigenvalue weighted by atomic mass is 10.2. The number of ether oxygens (including phenoxy) is 1. The molecule has 0 aliphatic carbocycles. The van der Waals surface area contributed by atoms with Crippen molar-refractivity contribution in [2.24, 2.45) is 5.10 Å². The van der Waals surface area contributed by atoms with Gasteiger partial charge in [0.15, 0.2) is 0 Å². The highest BCUT2D eigenvalue weighted by atomic mass is 79.9. The van der Waals surface area contributed by atoms with Crippen LogP contribution in [-0.4, -0.2) is 19.2 Å². The van der Waals surface area contributed by atoms with Crippen LogP contribution in [0.1, 0.15) is 15.9 Å². The number of halogens is 1. The molecule has 22 heavy (non-hydrogen) atoms. The first-order valence-corrected chi connectivity index (χ1v) is 7.38. The molecule has 4 nitrogen and oxygen atoms in total. The predicted octanol–water partition coefficient (Wildman–Crippen LogP) is 3.85. The van der Waals surface area contributed by atoms with E-state index in [9.17, 15) is 4.79 Å². The zero-order valence-electron chi connectivity index (χ0n) is 12.0. The van der Waals surface area contributed by atoms with Gasteiger partial charge < -0.3 is 4.74 Å². The molecule has 2 aromatic rings. The third-order valence-electron chi connectivity index (χ3n) is 2.79. The highest BCUT2D eigenvalue weighted by Crippen LogP contribution is 2.12. The topological polar surface area (TPSA) is 50.7 Å². The average molecular weight is 359 g/mol. The SMILES string of the molecule is COc1cccc(C(=O)N/N=C/C(Br)=C/c2ccccc2)c1. The summed E-state index contributed by atoms with van der Waals surface area (Å²) in [4.78, 5) is 11.9. The maximum absolute atomic E-state index is 11.9. The van der Waals surface area contributed by atoms with E-state index >= 15 is 0 Å². The van der Waals surface area contributed by atoms with E-state index in [0.717, 1.165) is 10.0 Å². The second-order valence-corrected chi connectivity index (χ2v) is 5.29. The van der Waals surface area contributed by atoms with Gasteiger partial charge in [-0.1, -0.05) is 36.4 Å². The van der Waals surface area contributed by atoms with Gasteiger partial charge in [-0.25, -0.2) is 5.43 Å². The fourth-order valence-electron chi connectivity index (χ4n) is 1.73. The number of allylic oxidation sites excluding steroid dienone is 1. The summed E-state index contributed by atoms with van der Waals surface area (Å²) in [6.45, 7) is 0. The molecule has 0 radical (unpaired) electrons. The zero-order valence-corrected chi connectivity index (χ0v) is 13.6. The first kappa shape index (κ1) is 16.0. The Kier molecular flexibility index (Phi) is 5.91. The molecule has 2 aromatic carbocycles. The van der Waals surface area contributed by atoms with Crippen LogP contribution in [0.3, 0.4) is 0 Å². The minimum absolute atomic E-state index is 0.296. The molecule has 0 aliphatic heterocycles. The Morgan fingerprint density at radius 2 is 1.95 bits per heavy atom. The van der Waals surface area contributed by atoms with Crippen LogP contribution in [0.25, 0.3) is 6.08 Å². The number of methoxy groups -OCH3 is 1. The Morgan fingerprint density at radius 1 is 1.18 bits per heavy atom. The Bertz CT molecular complexity index is 697. The monoisotopic (exact) mass is 358 g/mol. The molecule has 1 N–H and O–H groups in total. The fraction of sp³-hybridized carbons (Fsp3) is 0.0588. The quantitative estimate of drug-likeness (QED) is 0.651. The van der Waals surface area contributed by atoms with Crippen LogP contribution in [-0.2, 0) is 0 Å². The van der Waals surface area contributed by atoms with Crippen LogP contribution in [0, 0.1) is 0 Å². The van der Waals surface area contributed by atoms with Crippen molar-refractivity contribution in [1.82, 2.24) is 5.43 Å². The first-order chi connectivity index (χ1) is 10.7. The van der Waals surface area contributed by atoms with Gasteiger partial charge in [-0.2, -0.15) is 5.10 Å². The summed E-state index contributed by atoms with van der Waals surface area (Å²) in [6, 6.07) is 16.7. The van der Waals surface area contributed by atoms with Crippen LogP contribution >= 0.6 is 15.9 Å². The Balaban J connectivity index is 1.96. The second kappa shape index (κ2) is 8.14. The number of amides is 1. The van der Waals surface area contributed by atoms with Gasteiger partial charge in [-0.05, 0) is 45.8 Å². The van der Waals surface area contributed by atoms with Crippen molar-refractivity contribution >= 4 is 34.1 Å². The molecule has 2 rings (SSSR count). The Morgan fingerprint density at radius 3 is 2.68 bits per heavy atom. The van der Waals surface area contributed by atoms with E-state index in [-0.39, 0.29) is 5.91 Å². The van der Waals surface area contributed by atoms with Crippen LogP contribution in [0.2, 0.25) is 0 Å². The summed E-state index contributed by atoms with van der Waals surface area (Å²) >= 11 is 3.38. The smallest absolute Gasteiger partial charge is 0.271 e. The lowest BCUT2D eigenvalue weighted by Gasteiger charge is -2.02. The van der Waals surface area contributed by atoms with E-state index in [1.165, 1.54) is 6.21 Å². The van der Waals surface area contributed by atoms with Gasteiger partial charge in [-0.15, -0.1) is 0 Å². The second-order valence-electron chi connectivity index (χ2n) is 4.37. The van der Waals surface area contributed by atoms with Gasteiger partial charge in [0.1, 0.15) is 5.75 Å². The average Bonchev–Trinajstić information content (AvgIpc) is 2.55. The van der Waals surface area contributed by atoms with E-state index in [2.05, 4.69) is 26.5 Å². The van der Waals surface area contributed by atoms with Gasteiger partial charge in [0.05, 0.1) is 13.3 Å². The van der Waals surface area contributed by atoms with E-state index in [4.69, 9.17) is 4.74 Å². The Hall–Kier alpha value is -2.40. The first-order valence-electron chi connectivity index (χ1n) is 6.59. The number of hydrogen-bond donors (Lipinski definition) is 1. The normalized spacial score (nSPS) is 11.5. The molecule has 0 aromatic heterocycles.